The van der Waals surface area contributed by atoms with Gasteiger partial charge < -0.3 is 5.73 Å². The Hall–Kier alpha value is -1.59. The van der Waals surface area contributed by atoms with Crippen LogP contribution in [0.4, 0.5) is 5.69 Å². The molecule has 0 spiro atoms. The number of benzene rings is 2. The van der Waals surface area contributed by atoms with Gasteiger partial charge in [0.1, 0.15) is 0 Å². The normalized spacial score (nSPS) is 11.9. The van der Waals surface area contributed by atoms with Crippen molar-refractivity contribution in [3.05, 3.63) is 35.4 Å². The highest BCUT2D eigenvalue weighted by molar-refractivity contribution is 7.85. The Morgan fingerprint density at radius 3 is 2.35 bits per heavy atom. The van der Waals surface area contributed by atoms with Crippen LogP contribution in [0.15, 0.2) is 29.2 Å². The standard InChI is InChI=1S/C12H13NO3S/c1-7-3-8(2)12-9(4-7)5-10(6-11(12)13)17(14,15)16/h3-6H,13H2,1-2H3,(H,14,15,16). The van der Waals surface area contributed by atoms with Crippen LogP contribution in [-0.4, -0.2) is 13.0 Å². The Morgan fingerprint density at radius 2 is 1.76 bits per heavy atom. The number of fused-ring (bicyclic) bond motifs is 1. The summed E-state index contributed by atoms with van der Waals surface area (Å²) in [4.78, 5) is -0.174. The number of nitrogens with two attached hydrogens (primary N) is 1. The van der Waals surface area contributed by atoms with Crippen molar-refractivity contribution in [3.8, 4) is 0 Å². The van der Waals surface area contributed by atoms with Gasteiger partial charge in [0.25, 0.3) is 10.1 Å². The minimum absolute atomic E-state index is 0.174. The van der Waals surface area contributed by atoms with Crippen LogP contribution in [0, 0.1) is 13.8 Å². The molecule has 5 heteroatoms. The van der Waals surface area contributed by atoms with Gasteiger partial charge in [0.15, 0.2) is 0 Å². The van der Waals surface area contributed by atoms with E-state index in [1.165, 1.54) is 12.1 Å². The SMILES string of the molecule is Cc1cc(C)c2c(N)cc(S(=O)(=O)O)cc2c1. The molecule has 0 radical (unpaired) electrons. The lowest BCUT2D eigenvalue weighted by molar-refractivity contribution is 0.483. The van der Waals surface area contributed by atoms with Gasteiger partial charge in [-0.2, -0.15) is 8.42 Å². The van der Waals surface area contributed by atoms with E-state index in [4.69, 9.17) is 10.3 Å². The van der Waals surface area contributed by atoms with Gasteiger partial charge in [-0.1, -0.05) is 17.7 Å². The molecular formula is C12H13NO3S. The molecule has 0 aliphatic heterocycles. The molecule has 2 rings (SSSR count). The van der Waals surface area contributed by atoms with Crippen molar-refractivity contribution >= 4 is 26.6 Å². The smallest absolute Gasteiger partial charge is 0.294 e. The molecule has 0 heterocycles. The molecule has 0 amide bonds. The summed E-state index contributed by atoms with van der Waals surface area (Å²) in [6, 6.07) is 6.53. The lowest BCUT2D eigenvalue weighted by Gasteiger charge is -2.09. The van der Waals surface area contributed by atoms with Crippen molar-refractivity contribution in [1.29, 1.82) is 0 Å². The third-order valence-corrected chi connectivity index (χ3v) is 3.52. The molecular weight excluding hydrogens is 238 g/mol. The van der Waals surface area contributed by atoms with Gasteiger partial charge in [-0.05, 0) is 36.9 Å². The van der Waals surface area contributed by atoms with E-state index in [-0.39, 0.29) is 4.90 Å². The zero-order valence-corrected chi connectivity index (χ0v) is 10.4. The van der Waals surface area contributed by atoms with E-state index in [1.807, 2.05) is 26.0 Å². The Labute approximate surface area is 99.8 Å². The average Bonchev–Trinajstić information content (AvgIpc) is 2.13. The second-order valence-electron chi connectivity index (χ2n) is 4.17. The van der Waals surface area contributed by atoms with Crippen LogP contribution >= 0.6 is 0 Å². The first kappa shape index (κ1) is 11.9. The summed E-state index contributed by atoms with van der Waals surface area (Å²) in [5.41, 5.74) is 8.18. The Bertz CT molecular complexity index is 705. The molecule has 3 N–H and O–H groups in total. The summed E-state index contributed by atoms with van der Waals surface area (Å²) in [7, 11) is -4.22. The summed E-state index contributed by atoms with van der Waals surface area (Å²) >= 11 is 0. The van der Waals surface area contributed by atoms with E-state index in [9.17, 15) is 8.42 Å². The summed E-state index contributed by atoms with van der Waals surface area (Å²) in [6.07, 6.45) is 0. The monoisotopic (exact) mass is 251 g/mol. The van der Waals surface area contributed by atoms with Gasteiger partial charge >= 0.3 is 0 Å². The fraction of sp³-hybridized carbons (Fsp3) is 0.167. The first-order valence-electron chi connectivity index (χ1n) is 5.07. The van der Waals surface area contributed by atoms with E-state index in [0.717, 1.165) is 21.9 Å². The largest absolute Gasteiger partial charge is 0.398 e. The molecule has 0 aromatic heterocycles. The van der Waals surface area contributed by atoms with Crippen LogP contribution in [0.5, 0.6) is 0 Å². The summed E-state index contributed by atoms with van der Waals surface area (Å²) in [5.74, 6) is 0. The average molecular weight is 251 g/mol. The Balaban J connectivity index is 2.92. The van der Waals surface area contributed by atoms with E-state index in [0.29, 0.717) is 5.69 Å². The zero-order valence-electron chi connectivity index (χ0n) is 9.56. The first-order valence-corrected chi connectivity index (χ1v) is 6.51. The Kier molecular flexibility index (Phi) is 2.60. The zero-order chi connectivity index (χ0) is 12.8. The second kappa shape index (κ2) is 3.72. The van der Waals surface area contributed by atoms with Gasteiger partial charge in [-0.3, -0.25) is 4.55 Å². The summed E-state index contributed by atoms with van der Waals surface area (Å²) < 4.78 is 31.2. The molecule has 0 bridgehead atoms. The number of hydrogen-bond acceptors (Lipinski definition) is 3. The number of anilines is 1. The van der Waals surface area contributed by atoms with Crippen molar-refractivity contribution in [2.24, 2.45) is 0 Å². The van der Waals surface area contributed by atoms with Crippen LogP contribution in [0.3, 0.4) is 0 Å². The molecule has 0 fully saturated rings. The van der Waals surface area contributed by atoms with Crippen molar-refractivity contribution in [3.63, 3.8) is 0 Å². The third kappa shape index (κ3) is 2.11. The highest BCUT2D eigenvalue weighted by Crippen LogP contribution is 2.29. The molecule has 2 aromatic carbocycles. The predicted molar refractivity (Wildman–Crippen MR) is 67.6 cm³/mol. The van der Waals surface area contributed by atoms with Gasteiger partial charge in [-0.15, -0.1) is 0 Å². The number of rotatable bonds is 1. The van der Waals surface area contributed by atoms with E-state index in [1.54, 1.807) is 0 Å². The lowest BCUT2D eigenvalue weighted by atomic mass is 10.0. The first-order chi connectivity index (χ1) is 7.79. The number of hydrogen-bond donors (Lipinski definition) is 2. The van der Waals surface area contributed by atoms with E-state index in [2.05, 4.69) is 0 Å². The van der Waals surface area contributed by atoms with Crippen LogP contribution in [0.25, 0.3) is 10.8 Å². The maximum absolute atomic E-state index is 11.1. The lowest BCUT2D eigenvalue weighted by Crippen LogP contribution is -2.00. The maximum Gasteiger partial charge on any atom is 0.294 e. The van der Waals surface area contributed by atoms with Gasteiger partial charge in [0.05, 0.1) is 4.90 Å². The van der Waals surface area contributed by atoms with E-state index < -0.39 is 10.1 Å². The number of aryl methyl sites for hydroxylation is 2. The maximum atomic E-state index is 11.1. The Morgan fingerprint density at radius 1 is 1.12 bits per heavy atom. The minimum Gasteiger partial charge on any atom is -0.398 e. The second-order valence-corrected chi connectivity index (χ2v) is 5.59. The van der Waals surface area contributed by atoms with Crippen LogP contribution in [0.1, 0.15) is 11.1 Å². The van der Waals surface area contributed by atoms with Crippen molar-refractivity contribution in [2.45, 2.75) is 18.7 Å². The van der Waals surface area contributed by atoms with Gasteiger partial charge in [0, 0.05) is 11.1 Å². The summed E-state index contributed by atoms with van der Waals surface area (Å²) in [6.45, 7) is 3.83. The fourth-order valence-corrected chi connectivity index (χ4v) is 2.63. The van der Waals surface area contributed by atoms with Crippen molar-refractivity contribution in [2.75, 3.05) is 5.73 Å². The van der Waals surface area contributed by atoms with Crippen LogP contribution < -0.4 is 5.73 Å². The quantitative estimate of drug-likeness (QED) is 0.602. The van der Waals surface area contributed by atoms with Crippen molar-refractivity contribution < 1.29 is 13.0 Å². The van der Waals surface area contributed by atoms with E-state index >= 15 is 0 Å². The molecule has 90 valence electrons. The molecule has 0 atom stereocenters. The third-order valence-electron chi connectivity index (χ3n) is 2.69. The molecule has 4 nitrogen and oxygen atoms in total. The van der Waals surface area contributed by atoms with Gasteiger partial charge in [0.2, 0.25) is 0 Å². The van der Waals surface area contributed by atoms with Crippen LogP contribution in [-0.2, 0) is 10.1 Å². The van der Waals surface area contributed by atoms with Gasteiger partial charge in [-0.25, -0.2) is 0 Å². The molecule has 0 saturated heterocycles. The highest BCUT2D eigenvalue weighted by Gasteiger charge is 2.13. The molecule has 0 aliphatic carbocycles. The number of nitrogen functional groups attached to an aromatic ring is 1. The van der Waals surface area contributed by atoms with Crippen molar-refractivity contribution in [1.82, 2.24) is 0 Å². The molecule has 0 aliphatic rings. The fourth-order valence-electron chi connectivity index (χ4n) is 2.08. The molecule has 17 heavy (non-hydrogen) atoms. The summed E-state index contributed by atoms with van der Waals surface area (Å²) in [5, 5.41) is 1.54. The van der Waals surface area contributed by atoms with Crippen LogP contribution in [0.2, 0.25) is 0 Å². The predicted octanol–water partition coefficient (Wildman–Crippen LogP) is 2.29. The minimum atomic E-state index is -4.22. The highest BCUT2D eigenvalue weighted by atomic mass is 32.2. The molecule has 2 aromatic rings. The molecule has 0 saturated carbocycles. The molecule has 0 unspecified atom stereocenters. The topological polar surface area (TPSA) is 80.4 Å².